The predicted octanol–water partition coefficient (Wildman–Crippen LogP) is 3.93. The molecule has 1 aliphatic rings. The highest BCUT2D eigenvalue weighted by molar-refractivity contribution is 5.19. The summed E-state index contributed by atoms with van der Waals surface area (Å²) in [7, 11) is 0. The van der Waals surface area contributed by atoms with Gasteiger partial charge in [-0.15, -0.1) is 0 Å². The summed E-state index contributed by atoms with van der Waals surface area (Å²) in [6, 6.07) is 10.4. The molecule has 0 amide bonds. The molecule has 1 aliphatic heterocycles. The van der Waals surface area contributed by atoms with Crippen LogP contribution in [0.15, 0.2) is 30.3 Å². The van der Waals surface area contributed by atoms with E-state index in [1.54, 1.807) is 0 Å². The van der Waals surface area contributed by atoms with Gasteiger partial charge in [0.2, 0.25) is 0 Å². The van der Waals surface area contributed by atoms with Crippen LogP contribution in [0.5, 0.6) is 0 Å². The number of hydrogen-bond donors (Lipinski definition) is 0. The van der Waals surface area contributed by atoms with Crippen LogP contribution in [0, 0.1) is 5.92 Å². The predicted molar refractivity (Wildman–Crippen MR) is 68.7 cm³/mol. The Morgan fingerprint density at radius 2 is 2.06 bits per heavy atom. The Hall–Kier alpha value is -0.860. The molecule has 1 unspecified atom stereocenters. The van der Waals surface area contributed by atoms with Gasteiger partial charge in [0, 0.05) is 13.0 Å². The van der Waals surface area contributed by atoms with E-state index in [9.17, 15) is 0 Å². The van der Waals surface area contributed by atoms with E-state index >= 15 is 0 Å². The molecule has 17 heavy (non-hydrogen) atoms. The maximum atomic E-state index is 5.98. The number of rotatable bonds is 5. The fraction of sp³-hybridized carbons (Fsp3) is 0.600. The molecule has 1 aromatic rings. The van der Waals surface area contributed by atoms with Gasteiger partial charge in [-0.25, -0.2) is 0 Å². The minimum atomic E-state index is -0.0123. The largest absolute Gasteiger partial charge is 0.353 e. The van der Waals surface area contributed by atoms with Crippen molar-refractivity contribution in [3.05, 3.63) is 35.9 Å². The third-order valence-corrected chi connectivity index (χ3v) is 3.31. The van der Waals surface area contributed by atoms with Crippen molar-refractivity contribution in [3.8, 4) is 0 Å². The topological polar surface area (TPSA) is 18.5 Å². The minimum absolute atomic E-state index is 0.0123. The molecule has 0 N–H and O–H groups in total. The van der Waals surface area contributed by atoms with E-state index in [2.05, 4.69) is 38.1 Å². The highest BCUT2D eigenvalue weighted by Gasteiger charge is 2.33. The summed E-state index contributed by atoms with van der Waals surface area (Å²) in [4.78, 5) is 0. The Bertz CT molecular complexity index is 323. The van der Waals surface area contributed by atoms with Crippen molar-refractivity contribution in [3.63, 3.8) is 0 Å². The van der Waals surface area contributed by atoms with Crippen molar-refractivity contribution in [2.75, 3.05) is 6.61 Å². The Labute approximate surface area is 104 Å². The summed E-state index contributed by atoms with van der Waals surface area (Å²) in [6.07, 6.45) is 3.47. The van der Waals surface area contributed by atoms with Gasteiger partial charge < -0.3 is 9.47 Å². The van der Waals surface area contributed by atoms with Crippen LogP contribution in [-0.2, 0) is 9.47 Å². The third kappa shape index (κ3) is 3.30. The van der Waals surface area contributed by atoms with Crippen molar-refractivity contribution >= 4 is 0 Å². The molecule has 2 rings (SSSR count). The van der Waals surface area contributed by atoms with Crippen LogP contribution in [0.2, 0.25) is 0 Å². The molecule has 0 spiro atoms. The summed E-state index contributed by atoms with van der Waals surface area (Å²) in [6.45, 7) is 5.23. The molecular formula is C15H22O2. The van der Waals surface area contributed by atoms with E-state index in [1.165, 1.54) is 12.0 Å². The van der Waals surface area contributed by atoms with E-state index < -0.39 is 0 Å². The number of benzene rings is 1. The maximum Gasteiger partial charge on any atom is 0.158 e. The first-order chi connectivity index (χ1) is 8.31. The van der Waals surface area contributed by atoms with Crippen LogP contribution in [0.1, 0.15) is 44.8 Å². The second kappa shape index (κ2) is 6.18. The fourth-order valence-corrected chi connectivity index (χ4v) is 2.30. The molecule has 0 aromatic heterocycles. The van der Waals surface area contributed by atoms with Crippen LogP contribution < -0.4 is 0 Å². The second-order valence-corrected chi connectivity index (χ2v) is 4.83. The van der Waals surface area contributed by atoms with E-state index in [0.29, 0.717) is 5.92 Å². The highest BCUT2D eigenvalue weighted by Crippen LogP contribution is 2.38. The summed E-state index contributed by atoms with van der Waals surface area (Å²) >= 11 is 0. The first-order valence-corrected chi connectivity index (χ1v) is 6.63. The Kier molecular flexibility index (Phi) is 4.57. The lowest BCUT2D eigenvalue weighted by atomic mass is 9.97. The van der Waals surface area contributed by atoms with E-state index in [0.717, 1.165) is 19.4 Å². The first kappa shape index (κ1) is 12.6. The fourth-order valence-electron chi connectivity index (χ4n) is 2.30. The monoisotopic (exact) mass is 234 g/mol. The van der Waals surface area contributed by atoms with Crippen LogP contribution in [-0.4, -0.2) is 12.9 Å². The highest BCUT2D eigenvalue weighted by atomic mass is 16.7. The smallest absolute Gasteiger partial charge is 0.158 e. The summed E-state index contributed by atoms with van der Waals surface area (Å²) < 4.78 is 11.7. The van der Waals surface area contributed by atoms with Crippen molar-refractivity contribution < 1.29 is 9.47 Å². The molecule has 1 aromatic carbocycles. The average Bonchev–Trinajstić information content (AvgIpc) is 2.72. The van der Waals surface area contributed by atoms with Gasteiger partial charge in [-0.2, -0.15) is 0 Å². The Balaban J connectivity index is 1.89. The zero-order chi connectivity index (χ0) is 12.1. The van der Waals surface area contributed by atoms with Crippen molar-refractivity contribution in [2.45, 2.75) is 45.5 Å². The molecule has 1 fully saturated rings. The van der Waals surface area contributed by atoms with Gasteiger partial charge in [-0.1, -0.05) is 50.6 Å². The summed E-state index contributed by atoms with van der Waals surface area (Å²) in [5.41, 5.74) is 1.27. The lowest BCUT2D eigenvalue weighted by Gasteiger charge is -2.16. The van der Waals surface area contributed by atoms with Crippen molar-refractivity contribution in [1.82, 2.24) is 0 Å². The standard InChI is InChI=1S/C15H22O2/c1-3-4-10-16-14-11-12(2)15(17-14)13-8-6-5-7-9-13/h5-9,12,14-15H,3-4,10-11H2,1-2H3/t12-,14?,15-/m0/s1. The zero-order valence-corrected chi connectivity index (χ0v) is 10.8. The summed E-state index contributed by atoms with van der Waals surface area (Å²) in [5, 5.41) is 0. The lowest BCUT2D eigenvalue weighted by molar-refractivity contribution is -0.136. The van der Waals surface area contributed by atoms with Crippen LogP contribution in [0.3, 0.4) is 0 Å². The molecule has 3 atom stereocenters. The lowest BCUT2D eigenvalue weighted by Crippen LogP contribution is -2.12. The summed E-state index contributed by atoms with van der Waals surface area (Å²) in [5.74, 6) is 0.532. The van der Waals surface area contributed by atoms with Gasteiger partial charge in [0.15, 0.2) is 6.29 Å². The van der Waals surface area contributed by atoms with E-state index in [4.69, 9.17) is 9.47 Å². The molecule has 1 saturated heterocycles. The SMILES string of the molecule is CCCCOC1C[C@H](C)[C@@H](c2ccccc2)O1. The van der Waals surface area contributed by atoms with Gasteiger partial charge in [0.25, 0.3) is 0 Å². The number of unbranched alkanes of at least 4 members (excludes halogenated alkanes) is 1. The van der Waals surface area contributed by atoms with Gasteiger partial charge in [-0.3, -0.25) is 0 Å². The number of ether oxygens (including phenoxy) is 2. The molecule has 94 valence electrons. The molecule has 1 heterocycles. The Morgan fingerprint density at radius 3 is 2.76 bits per heavy atom. The maximum absolute atomic E-state index is 5.98. The molecule has 0 bridgehead atoms. The minimum Gasteiger partial charge on any atom is -0.353 e. The van der Waals surface area contributed by atoms with Gasteiger partial charge in [0.1, 0.15) is 0 Å². The van der Waals surface area contributed by atoms with Crippen molar-refractivity contribution in [2.24, 2.45) is 5.92 Å². The third-order valence-electron chi connectivity index (χ3n) is 3.31. The molecule has 2 nitrogen and oxygen atoms in total. The van der Waals surface area contributed by atoms with Gasteiger partial charge >= 0.3 is 0 Å². The Morgan fingerprint density at radius 1 is 1.29 bits per heavy atom. The molecule has 0 radical (unpaired) electrons. The normalized spacial score (nSPS) is 28.5. The molecule has 0 aliphatic carbocycles. The van der Waals surface area contributed by atoms with Crippen LogP contribution >= 0.6 is 0 Å². The van der Waals surface area contributed by atoms with Gasteiger partial charge in [0.05, 0.1) is 6.10 Å². The van der Waals surface area contributed by atoms with Crippen LogP contribution in [0.4, 0.5) is 0 Å². The van der Waals surface area contributed by atoms with Crippen molar-refractivity contribution in [1.29, 1.82) is 0 Å². The zero-order valence-electron chi connectivity index (χ0n) is 10.8. The molecular weight excluding hydrogens is 212 g/mol. The van der Waals surface area contributed by atoms with Crippen LogP contribution in [0.25, 0.3) is 0 Å². The quantitative estimate of drug-likeness (QED) is 0.719. The molecule has 0 saturated carbocycles. The number of hydrogen-bond acceptors (Lipinski definition) is 2. The van der Waals surface area contributed by atoms with E-state index in [-0.39, 0.29) is 12.4 Å². The first-order valence-electron chi connectivity index (χ1n) is 6.63. The second-order valence-electron chi connectivity index (χ2n) is 4.83. The average molecular weight is 234 g/mol. The molecule has 2 heteroatoms. The van der Waals surface area contributed by atoms with Gasteiger partial charge in [-0.05, 0) is 17.9 Å². The van der Waals surface area contributed by atoms with E-state index in [1.807, 2.05) is 6.07 Å².